The van der Waals surface area contributed by atoms with Crippen LogP contribution in [0.4, 0.5) is 16.2 Å². The van der Waals surface area contributed by atoms with Crippen LogP contribution in [-0.4, -0.2) is 176 Å². The van der Waals surface area contributed by atoms with E-state index in [9.17, 15) is 43.8 Å². The Balaban J connectivity index is 0.893. The molecule has 492 valence electrons. The van der Waals surface area contributed by atoms with Gasteiger partial charge in [-0.15, -0.1) is 0 Å². The Morgan fingerprint density at radius 2 is 1.33 bits per heavy atom. The molecule has 4 aliphatic heterocycles. The third-order valence-corrected chi connectivity index (χ3v) is 16.4. The molecular weight excluding hydrogens is 1290 g/mol. The number of nitrogens with one attached hydrogen (secondary N) is 1. The van der Waals surface area contributed by atoms with Gasteiger partial charge in [0.1, 0.15) is 18.2 Å². The first kappa shape index (κ1) is 71.1. The molecule has 0 spiro atoms. The summed E-state index contributed by atoms with van der Waals surface area (Å²) in [5.41, 5.74) is 1.66. The van der Waals surface area contributed by atoms with Crippen molar-refractivity contribution in [3.05, 3.63) is 119 Å². The number of ether oxygens (including phenoxy) is 9. The van der Waals surface area contributed by atoms with Crippen LogP contribution in [0, 0.1) is 11.8 Å². The topological polar surface area (TPSA) is 277 Å². The molecule has 91 heavy (non-hydrogen) atoms. The second-order valence-electron chi connectivity index (χ2n) is 22.6. The molecule has 3 N–H and O–H groups in total. The average Bonchev–Trinajstić information content (AvgIpc) is 1.66. The number of amides is 4. The van der Waals surface area contributed by atoms with E-state index < -0.39 is 53.8 Å². The molecule has 0 unspecified atom stereocenters. The minimum atomic E-state index is -1.64. The minimum Gasteiger partial charge on any atom is -0.493 e. The molecule has 0 radical (unpaired) electrons. The zero-order valence-corrected chi connectivity index (χ0v) is 54.9. The lowest BCUT2D eigenvalue weighted by molar-refractivity contribution is -0.133. The Morgan fingerprint density at radius 3 is 1.96 bits per heavy atom. The Bertz CT molecular complexity index is 3220. The van der Waals surface area contributed by atoms with E-state index in [0.29, 0.717) is 80.2 Å². The summed E-state index contributed by atoms with van der Waals surface area (Å²) < 4.78 is 52.1. The number of aliphatic hydroxyl groups is 2. The molecule has 4 amide bonds. The predicted octanol–water partition coefficient (Wildman–Crippen LogP) is 8.50. The summed E-state index contributed by atoms with van der Waals surface area (Å²) in [4.78, 5) is 102. The molecule has 3 aromatic carbocycles. The number of benzene rings is 3. The van der Waals surface area contributed by atoms with Crippen molar-refractivity contribution in [2.45, 2.75) is 117 Å². The van der Waals surface area contributed by atoms with Gasteiger partial charge in [0.25, 0.3) is 11.8 Å². The summed E-state index contributed by atoms with van der Waals surface area (Å²) in [5.74, 6) is -1.45. The van der Waals surface area contributed by atoms with Crippen LogP contribution in [0.3, 0.4) is 0 Å². The highest BCUT2D eigenvalue weighted by Gasteiger charge is 2.46. The number of hydrogen-bond acceptors (Lipinski definition) is 19. The summed E-state index contributed by atoms with van der Waals surface area (Å²) in [6.45, 7) is 11.9. The molecule has 5 atom stereocenters. The monoisotopic (exact) mass is 1370 g/mol. The van der Waals surface area contributed by atoms with Gasteiger partial charge >= 0.3 is 6.09 Å². The highest BCUT2D eigenvalue weighted by Crippen LogP contribution is 2.44. The number of Topliss-reactive ketones (excluding diaryl/α,β-unsaturated/α-hetero) is 3. The van der Waals surface area contributed by atoms with Crippen molar-refractivity contribution in [3.8, 4) is 23.0 Å². The van der Waals surface area contributed by atoms with E-state index in [2.05, 4.69) is 32.9 Å². The third kappa shape index (κ3) is 19.4. The van der Waals surface area contributed by atoms with Crippen molar-refractivity contribution in [3.63, 3.8) is 0 Å². The maximum absolute atomic E-state index is 14.4. The fourth-order valence-electron chi connectivity index (χ4n) is 10.6. The van der Waals surface area contributed by atoms with E-state index >= 15 is 0 Å². The van der Waals surface area contributed by atoms with Gasteiger partial charge < -0.3 is 63.1 Å². The van der Waals surface area contributed by atoms with E-state index in [-0.39, 0.29) is 128 Å². The number of alkyl halides is 1. The lowest BCUT2D eigenvalue weighted by Crippen LogP contribution is -2.50. The van der Waals surface area contributed by atoms with Crippen molar-refractivity contribution >= 4 is 81.3 Å². The number of carbonyl (C=O) groups excluding carboxylic acids is 7. The normalized spacial score (nSPS) is 18.3. The lowest BCUT2D eigenvalue weighted by atomic mass is 9.88. The zero-order chi connectivity index (χ0) is 65.6. The van der Waals surface area contributed by atoms with Crippen molar-refractivity contribution in [1.29, 1.82) is 0 Å². The quantitative estimate of drug-likeness (QED) is 0.0277. The van der Waals surface area contributed by atoms with Gasteiger partial charge in [-0.1, -0.05) is 85.0 Å². The number of aliphatic hydroxyl groups excluding tert-OH is 1. The number of nitrogens with zero attached hydrogens (tertiary/aromatic N) is 4. The molecule has 4 heterocycles. The van der Waals surface area contributed by atoms with Gasteiger partial charge in [-0.25, -0.2) is 9.69 Å². The molecule has 7 rings (SSSR count). The van der Waals surface area contributed by atoms with Gasteiger partial charge in [0.15, 0.2) is 40.7 Å². The van der Waals surface area contributed by atoms with E-state index in [0.717, 1.165) is 16.0 Å². The van der Waals surface area contributed by atoms with Crippen LogP contribution in [0.25, 0.3) is 0 Å². The van der Waals surface area contributed by atoms with E-state index in [4.69, 9.17) is 42.6 Å². The number of fused-ring (bicyclic) bond motifs is 4. The number of allylic oxidation sites excluding steroid dienone is 4. The van der Waals surface area contributed by atoms with Crippen LogP contribution in [0.2, 0.25) is 0 Å². The SMILES string of the molecule is C/C=C/C1=CN2C(=O)c3cc(OC)c(OCCCOc4cc5c(cc4OC)C(=O)N4C=C(/C=C/C)C[C@@]4(O)C=N5)cc3N(C(=O)OCc3ccc(CC(=O)[C@H](C)NC(=O)[C@@H](CC(=O)CCOCCOCCOCCOCCCC(=O)CI)C(C)C)cc3)[C@@H](O)[C@@H]2C1. The Kier molecular flexibility index (Phi) is 27.3. The summed E-state index contributed by atoms with van der Waals surface area (Å²) >= 11 is 2.06. The molecule has 0 saturated heterocycles. The first-order valence-corrected chi connectivity index (χ1v) is 32.1. The lowest BCUT2D eigenvalue weighted by Gasteiger charge is -2.31. The average molecular weight is 1370 g/mol. The van der Waals surface area contributed by atoms with Gasteiger partial charge in [0.05, 0.1) is 119 Å². The summed E-state index contributed by atoms with van der Waals surface area (Å²) in [6, 6.07) is 11.1. The number of hydrogen-bond donors (Lipinski definition) is 3. The number of ketones is 3. The van der Waals surface area contributed by atoms with Gasteiger partial charge in [-0.3, -0.25) is 38.7 Å². The molecule has 0 fully saturated rings. The van der Waals surface area contributed by atoms with Crippen LogP contribution in [0.15, 0.2) is 101 Å². The molecular formula is C67H84IN5O18. The smallest absolute Gasteiger partial charge is 0.416 e. The zero-order valence-electron chi connectivity index (χ0n) is 52.8. The van der Waals surface area contributed by atoms with Crippen LogP contribution in [0.5, 0.6) is 23.0 Å². The number of rotatable bonds is 37. The molecule has 3 aromatic rings. The Labute approximate surface area is 544 Å². The van der Waals surface area contributed by atoms with Gasteiger partial charge in [0.2, 0.25) is 5.91 Å². The fourth-order valence-corrected chi connectivity index (χ4v) is 11.0. The summed E-state index contributed by atoms with van der Waals surface area (Å²) in [6.07, 6.45) is 11.4. The highest BCUT2D eigenvalue weighted by atomic mass is 127. The van der Waals surface area contributed by atoms with Gasteiger partial charge in [-0.2, -0.15) is 0 Å². The first-order valence-electron chi connectivity index (χ1n) is 30.6. The van der Waals surface area contributed by atoms with Crippen LogP contribution >= 0.6 is 22.6 Å². The van der Waals surface area contributed by atoms with E-state index in [1.54, 1.807) is 49.7 Å². The van der Waals surface area contributed by atoms with Crippen LogP contribution < -0.4 is 29.2 Å². The predicted molar refractivity (Wildman–Crippen MR) is 346 cm³/mol. The van der Waals surface area contributed by atoms with E-state index in [1.165, 1.54) is 48.4 Å². The first-order chi connectivity index (χ1) is 43.8. The van der Waals surface area contributed by atoms with Gasteiger partial charge in [0, 0.05) is 75.6 Å². The van der Waals surface area contributed by atoms with E-state index in [1.807, 2.05) is 52.0 Å². The Morgan fingerprint density at radius 1 is 0.725 bits per heavy atom. The van der Waals surface area contributed by atoms with Crippen molar-refractivity contribution in [2.75, 3.05) is 89.6 Å². The minimum absolute atomic E-state index is 0.00582. The molecule has 24 heteroatoms. The molecule has 0 aromatic heterocycles. The highest BCUT2D eigenvalue weighted by molar-refractivity contribution is 14.1. The maximum Gasteiger partial charge on any atom is 0.416 e. The van der Waals surface area contributed by atoms with Crippen molar-refractivity contribution in [1.82, 2.24) is 15.1 Å². The van der Waals surface area contributed by atoms with Gasteiger partial charge in [-0.05, 0) is 73.9 Å². The summed E-state index contributed by atoms with van der Waals surface area (Å²) in [7, 11) is 2.86. The molecule has 0 saturated carbocycles. The number of methoxy groups -OCH3 is 2. The molecule has 0 aliphatic carbocycles. The fraction of sp³-hybridized carbons (Fsp3) is 0.493. The summed E-state index contributed by atoms with van der Waals surface area (Å²) in [5, 5.41) is 26.3. The van der Waals surface area contributed by atoms with Crippen LogP contribution in [-0.2, 0) is 55.9 Å². The maximum atomic E-state index is 14.4. The Hall–Kier alpha value is -7.33. The van der Waals surface area contributed by atoms with Crippen molar-refractivity contribution in [2.24, 2.45) is 16.8 Å². The van der Waals surface area contributed by atoms with Crippen LogP contribution in [0.1, 0.15) is 111 Å². The van der Waals surface area contributed by atoms with Crippen molar-refractivity contribution < 1.29 is 86.4 Å². The number of halogens is 1. The largest absolute Gasteiger partial charge is 0.493 e. The standard InChI is InChI=1S/C67H84IN5O18/c1-8-12-47-30-56-65(80)73(55-36-61(59(84-7)34-53(55)63(78)71(56)39-47)90-22-11-21-89-60-35-54-52(33-58(60)83-6)64(79)72-40-48(13-9-2)37-67(72,82)42-69-54)66(81)91-41-46-17-15-45(16-18-46)31-57(76)44(5)70-62(77)51(43(3)4)32-49(74)19-23-86-25-27-88-29-28-87-26-24-85-20-10-14-50(75)38-68/h8-9,12-13,15-18,33-36,39-40,42-44,51,56,65,80,82H,10-11,14,19-32,37-38,41H2,1-7H3,(H,70,77)/b12-8+,13-9+/t44-,51-,56-,65-,67+/m0/s1. The third-order valence-electron chi connectivity index (χ3n) is 15.5. The molecule has 4 aliphatic rings. The second kappa shape index (κ2) is 34.9. The number of anilines is 1. The second-order valence-corrected chi connectivity index (χ2v) is 23.3. The number of aliphatic imine (C=N–C) groups is 1. The number of carbonyl (C=O) groups is 7. The molecule has 0 bridgehead atoms. The molecule has 23 nitrogen and oxygen atoms in total.